The van der Waals surface area contributed by atoms with Gasteiger partial charge in [-0.05, 0) is 36.4 Å². The van der Waals surface area contributed by atoms with E-state index in [-0.39, 0.29) is 37.9 Å². The highest BCUT2D eigenvalue weighted by atomic mass is 19.1. The van der Waals surface area contributed by atoms with E-state index in [9.17, 15) is 14.0 Å². The van der Waals surface area contributed by atoms with Crippen molar-refractivity contribution in [2.75, 3.05) is 26.3 Å². The highest BCUT2D eigenvalue weighted by Gasteiger charge is 2.41. The monoisotopic (exact) mass is 373 g/mol. The molecule has 3 rings (SSSR count). The summed E-state index contributed by atoms with van der Waals surface area (Å²) in [6.45, 7) is 0.764. The summed E-state index contributed by atoms with van der Waals surface area (Å²) in [6, 6.07) is 8.87. The van der Waals surface area contributed by atoms with E-state index in [1.165, 1.54) is 30.5 Å². The molecule has 2 aromatic rings. The summed E-state index contributed by atoms with van der Waals surface area (Å²) in [5.74, 6) is -0.716. The number of carbonyl (C=O) groups excluding carboxylic acids is 2. The molecule has 142 valence electrons. The van der Waals surface area contributed by atoms with Crippen LogP contribution in [0, 0.1) is 5.82 Å². The number of nitrogens with zero attached hydrogens (tertiary/aromatic N) is 2. The summed E-state index contributed by atoms with van der Waals surface area (Å²) in [5.41, 5.74) is 4.77. The van der Waals surface area contributed by atoms with Crippen LogP contribution in [0.25, 0.3) is 0 Å². The number of hydrogen-bond donors (Lipinski definition) is 1. The highest BCUT2D eigenvalue weighted by Crippen LogP contribution is 2.25. The maximum absolute atomic E-state index is 13.0. The van der Waals surface area contributed by atoms with E-state index in [4.69, 9.17) is 15.2 Å². The first-order chi connectivity index (χ1) is 13.0. The number of aromatic nitrogens is 1. The van der Waals surface area contributed by atoms with Crippen LogP contribution in [0.4, 0.5) is 4.39 Å². The van der Waals surface area contributed by atoms with Crippen molar-refractivity contribution in [1.29, 1.82) is 0 Å². The Morgan fingerprint density at radius 3 is 2.74 bits per heavy atom. The van der Waals surface area contributed by atoms with Crippen LogP contribution in [0.5, 0.6) is 5.75 Å². The molecule has 0 aliphatic carbocycles. The number of hydrogen-bond acceptors (Lipinski definition) is 5. The van der Waals surface area contributed by atoms with Crippen molar-refractivity contribution in [3.8, 4) is 5.75 Å². The van der Waals surface area contributed by atoms with Gasteiger partial charge in [0, 0.05) is 18.9 Å². The average Bonchev–Trinajstić information content (AvgIpc) is 2.67. The van der Waals surface area contributed by atoms with Gasteiger partial charge in [0.15, 0.2) is 0 Å². The van der Waals surface area contributed by atoms with E-state index in [0.717, 1.165) is 0 Å². The zero-order valence-electron chi connectivity index (χ0n) is 14.6. The molecule has 1 aliphatic rings. The molecule has 0 bridgehead atoms. The summed E-state index contributed by atoms with van der Waals surface area (Å²) < 4.78 is 24.6. The zero-order valence-corrected chi connectivity index (χ0v) is 14.6. The molecule has 1 aromatic carbocycles. The quantitative estimate of drug-likeness (QED) is 0.826. The van der Waals surface area contributed by atoms with E-state index in [1.807, 2.05) is 0 Å². The van der Waals surface area contributed by atoms with Gasteiger partial charge in [-0.1, -0.05) is 0 Å². The van der Waals surface area contributed by atoms with E-state index in [2.05, 4.69) is 4.98 Å². The van der Waals surface area contributed by atoms with Gasteiger partial charge in [-0.2, -0.15) is 0 Å². The topological polar surface area (TPSA) is 94.8 Å². The number of carbonyl (C=O) groups is 2. The Labute approximate surface area is 155 Å². The fourth-order valence-corrected chi connectivity index (χ4v) is 3.00. The van der Waals surface area contributed by atoms with Crippen molar-refractivity contribution in [3.63, 3.8) is 0 Å². The molecular formula is C19H20FN3O4. The number of rotatable bonds is 6. The average molecular weight is 373 g/mol. The van der Waals surface area contributed by atoms with E-state index < -0.39 is 11.5 Å². The van der Waals surface area contributed by atoms with Crippen molar-refractivity contribution >= 4 is 11.8 Å². The molecule has 0 radical (unpaired) electrons. The van der Waals surface area contributed by atoms with Crippen LogP contribution in [-0.2, 0) is 9.53 Å². The summed E-state index contributed by atoms with van der Waals surface area (Å²) in [5, 5.41) is 0. The minimum Gasteiger partial charge on any atom is -0.490 e. The van der Waals surface area contributed by atoms with Crippen LogP contribution in [-0.4, -0.2) is 53.6 Å². The molecule has 1 aromatic heterocycles. The molecule has 7 nitrogen and oxygen atoms in total. The molecule has 0 spiro atoms. The van der Waals surface area contributed by atoms with Crippen LogP contribution >= 0.6 is 0 Å². The van der Waals surface area contributed by atoms with Crippen LogP contribution < -0.4 is 10.5 Å². The van der Waals surface area contributed by atoms with Crippen LogP contribution in [0.1, 0.15) is 16.8 Å². The van der Waals surface area contributed by atoms with Gasteiger partial charge in [0.1, 0.15) is 23.8 Å². The van der Waals surface area contributed by atoms with Gasteiger partial charge >= 0.3 is 0 Å². The predicted octanol–water partition coefficient (Wildman–Crippen LogP) is 1.39. The Kier molecular flexibility index (Phi) is 5.66. The van der Waals surface area contributed by atoms with Gasteiger partial charge in [0.25, 0.3) is 5.91 Å². The Morgan fingerprint density at radius 1 is 1.30 bits per heavy atom. The lowest BCUT2D eigenvalue weighted by molar-refractivity contribution is -0.142. The number of primary amides is 1. The minimum atomic E-state index is -1.07. The molecule has 2 heterocycles. The molecule has 1 saturated heterocycles. The van der Waals surface area contributed by atoms with Crippen molar-refractivity contribution < 1.29 is 23.5 Å². The largest absolute Gasteiger partial charge is 0.490 e. The van der Waals surface area contributed by atoms with Gasteiger partial charge in [0.2, 0.25) is 5.91 Å². The lowest BCUT2D eigenvalue weighted by atomic mass is 9.97. The minimum absolute atomic E-state index is 0.00160. The van der Waals surface area contributed by atoms with Crippen molar-refractivity contribution in [2.45, 2.75) is 12.0 Å². The third-order valence-corrected chi connectivity index (χ3v) is 4.26. The van der Waals surface area contributed by atoms with Gasteiger partial charge < -0.3 is 20.1 Å². The maximum Gasteiger partial charge on any atom is 0.255 e. The number of benzene rings is 1. The zero-order chi connectivity index (χ0) is 19.3. The molecule has 0 saturated carbocycles. The molecule has 1 atom stereocenters. The molecule has 8 heteroatoms. The summed E-state index contributed by atoms with van der Waals surface area (Å²) in [7, 11) is 0. The second-order valence-electron chi connectivity index (χ2n) is 6.39. The first kappa shape index (κ1) is 18.8. The third kappa shape index (κ3) is 4.79. The number of halogens is 1. The number of amides is 2. The van der Waals surface area contributed by atoms with E-state index >= 15 is 0 Å². The lowest BCUT2D eigenvalue weighted by Gasteiger charge is -2.41. The summed E-state index contributed by atoms with van der Waals surface area (Å²) in [6.07, 6.45) is 2.97. The Balaban J connectivity index is 1.75. The fourth-order valence-electron chi connectivity index (χ4n) is 3.00. The summed E-state index contributed by atoms with van der Waals surface area (Å²) >= 11 is 0. The van der Waals surface area contributed by atoms with Crippen molar-refractivity contribution in [3.05, 3.63) is 60.2 Å². The molecule has 1 fully saturated rings. The Morgan fingerprint density at radius 2 is 2.07 bits per heavy atom. The fraction of sp³-hybridized carbons (Fsp3) is 0.316. The Hall–Kier alpha value is -3.00. The first-order valence-electron chi connectivity index (χ1n) is 8.47. The van der Waals surface area contributed by atoms with Gasteiger partial charge in [-0.25, -0.2) is 4.39 Å². The number of morpholine rings is 1. The third-order valence-electron chi connectivity index (χ3n) is 4.26. The normalized spacial score (nSPS) is 19.5. The standard InChI is InChI=1S/C19H20FN3O4/c20-15-3-5-16(6-4-15)26-13-19(10-17(21)24)12-23(8-9-27-19)18(25)14-2-1-7-22-11-14/h1-7,11H,8-10,12-13H2,(H2,21,24)/t19-/m0/s1. The number of nitrogens with two attached hydrogens (primary N) is 1. The number of ether oxygens (including phenoxy) is 2. The Bertz CT molecular complexity index is 800. The maximum atomic E-state index is 13.0. The van der Waals surface area contributed by atoms with E-state index in [1.54, 1.807) is 23.2 Å². The van der Waals surface area contributed by atoms with Crippen LogP contribution in [0.3, 0.4) is 0 Å². The second-order valence-corrected chi connectivity index (χ2v) is 6.39. The summed E-state index contributed by atoms with van der Waals surface area (Å²) in [4.78, 5) is 29.9. The van der Waals surface area contributed by atoms with Gasteiger partial charge in [-0.15, -0.1) is 0 Å². The van der Waals surface area contributed by atoms with Gasteiger partial charge in [-0.3, -0.25) is 14.6 Å². The molecule has 2 N–H and O–H groups in total. The van der Waals surface area contributed by atoms with Gasteiger partial charge in [0.05, 0.1) is 25.1 Å². The first-order valence-corrected chi connectivity index (χ1v) is 8.47. The SMILES string of the molecule is NC(=O)C[C@@]1(COc2ccc(F)cc2)CN(C(=O)c2cccnc2)CCO1. The van der Waals surface area contributed by atoms with Crippen LogP contribution in [0.15, 0.2) is 48.8 Å². The molecule has 27 heavy (non-hydrogen) atoms. The predicted molar refractivity (Wildman–Crippen MR) is 94.5 cm³/mol. The van der Waals surface area contributed by atoms with Crippen molar-refractivity contribution in [1.82, 2.24) is 9.88 Å². The van der Waals surface area contributed by atoms with Crippen LogP contribution in [0.2, 0.25) is 0 Å². The van der Waals surface area contributed by atoms with E-state index in [0.29, 0.717) is 17.9 Å². The molecule has 0 unspecified atom stereocenters. The smallest absolute Gasteiger partial charge is 0.255 e. The second kappa shape index (κ2) is 8.13. The number of pyridine rings is 1. The molecule has 1 aliphatic heterocycles. The highest BCUT2D eigenvalue weighted by molar-refractivity contribution is 5.94. The molecular weight excluding hydrogens is 353 g/mol. The lowest BCUT2D eigenvalue weighted by Crippen LogP contribution is -2.58. The molecule has 2 amide bonds. The van der Waals surface area contributed by atoms with Crippen molar-refractivity contribution in [2.24, 2.45) is 5.73 Å².